The average molecular weight is 336 g/mol. The smallest absolute Gasteiger partial charge is 0.118 e. The summed E-state index contributed by atoms with van der Waals surface area (Å²) in [6.07, 6.45) is 5.59. The van der Waals surface area contributed by atoms with Gasteiger partial charge in [0.1, 0.15) is 5.75 Å². The molecule has 24 heavy (non-hydrogen) atoms. The van der Waals surface area contributed by atoms with Gasteiger partial charge in [-0.2, -0.15) is 0 Å². The number of hydrogen-bond donors (Lipinski definition) is 1. The summed E-state index contributed by atoms with van der Waals surface area (Å²) in [4.78, 5) is 1.40. The second-order valence-electron chi connectivity index (χ2n) is 6.45. The molecule has 0 aliphatic carbocycles. The van der Waals surface area contributed by atoms with Gasteiger partial charge in [-0.15, -0.1) is 0 Å². The van der Waals surface area contributed by atoms with Crippen molar-refractivity contribution in [1.29, 1.82) is 0 Å². The quantitative estimate of drug-likeness (QED) is 0.624. The largest absolute Gasteiger partial charge is 0.508 e. The van der Waals surface area contributed by atoms with Crippen LogP contribution in [0.1, 0.15) is 16.4 Å². The monoisotopic (exact) mass is 336 g/mol. The molecule has 0 aromatic heterocycles. The number of hydrogen-bond acceptors (Lipinski definition) is 1. The topological polar surface area (TPSA) is 20.2 Å². The Kier molecular flexibility index (Phi) is 4.96. The van der Waals surface area contributed by atoms with Crippen LogP contribution in [0.4, 0.5) is 0 Å². The minimum Gasteiger partial charge on any atom is -0.508 e. The van der Waals surface area contributed by atoms with Crippen molar-refractivity contribution in [1.82, 2.24) is 0 Å². The summed E-state index contributed by atoms with van der Waals surface area (Å²) in [5, 5.41) is 10.6. The van der Waals surface area contributed by atoms with Gasteiger partial charge in [0, 0.05) is 5.25 Å². The molecule has 3 aromatic carbocycles. The third kappa shape index (κ3) is 3.49. The molecule has 3 rings (SSSR count). The van der Waals surface area contributed by atoms with E-state index in [-0.39, 0.29) is 0 Å². The molecule has 1 unspecified atom stereocenters. The Morgan fingerprint density at radius 1 is 0.750 bits per heavy atom. The molecule has 0 bridgehead atoms. The standard InChI is InChI=1S/C22H24OS/c1-24(2,20-14-7-4-8-15-20)22(18-11-5-3-6-12-18)17-19-13-9-10-16-21(19)23/h3-16,22-23H,17H2,1-2H3. The molecule has 1 atom stereocenters. The number of aromatic hydroxyl groups is 1. The van der Waals surface area contributed by atoms with Crippen molar-refractivity contribution in [3.8, 4) is 5.75 Å². The van der Waals surface area contributed by atoms with Gasteiger partial charge in [0.05, 0.1) is 0 Å². The summed E-state index contributed by atoms with van der Waals surface area (Å²) in [7, 11) is -1.08. The molecule has 3 aromatic rings. The third-order valence-corrected chi connectivity index (χ3v) is 7.98. The van der Waals surface area contributed by atoms with Crippen molar-refractivity contribution < 1.29 is 5.11 Å². The molecule has 0 amide bonds. The number of benzene rings is 3. The highest BCUT2D eigenvalue weighted by atomic mass is 32.3. The van der Waals surface area contributed by atoms with Crippen molar-refractivity contribution in [3.63, 3.8) is 0 Å². The Labute approximate surface area is 146 Å². The molecule has 0 saturated carbocycles. The zero-order valence-electron chi connectivity index (χ0n) is 14.2. The van der Waals surface area contributed by atoms with Gasteiger partial charge in [-0.25, -0.2) is 10.0 Å². The van der Waals surface area contributed by atoms with Crippen molar-refractivity contribution in [2.45, 2.75) is 16.6 Å². The van der Waals surface area contributed by atoms with Crippen LogP contribution in [-0.2, 0) is 6.42 Å². The highest BCUT2D eigenvalue weighted by molar-refractivity contribution is 8.32. The highest BCUT2D eigenvalue weighted by Crippen LogP contribution is 2.62. The Balaban J connectivity index is 2.04. The third-order valence-electron chi connectivity index (χ3n) is 4.63. The molecule has 0 aliphatic heterocycles. The SMILES string of the molecule is CS(C)(c1ccccc1)C(Cc1ccccc1O)c1ccccc1. The van der Waals surface area contributed by atoms with E-state index < -0.39 is 10.0 Å². The lowest BCUT2D eigenvalue weighted by Gasteiger charge is -2.41. The van der Waals surface area contributed by atoms with E-state index in [9.17, 15) is 5.11 Å². The molecule has 0 heterocycles. The molecule has 1 nitrogen and oxygen atoms in total. The summed E-state index contributed by atoms with van der Waals surface area (Å²) in [6.45, 7) is 0. The van der Waals surface area contributed by atoms with Crippen LogP contribution in [0.15, 0.2) is 89.8 Å². The lowest BCUT2D eigenvalue weighted by Crippen LogP contribution is -2.12. The van der Waals surface area contributed by atoms with Crippen LogP contribution in [0, 0.1) is 0 Å². The van der Waals surface area contributed by atoms with Gasteiger partial charge < -0.3 is 5.11 Å². The predicted molar refractivity (Wildman–Crippen MR) is 105 cm³/mol. The number of rotatable bonds is 5. The molecule has 0 radical (unpaired) electrons. The van der Waals surface area contributed by atoms with Crippen LogP contribution in [0.25, 0.3) is 0 Å². The van der Waals surface area contributed by atoms with Crippen LogP contribution in [-0.4, -0.2) is 17.6 Å². The van der Waals surface area contributed by atoms with E-state index in [4.69, 9.17) is 0 Å². The zero-order chi connectivity index (χ0) is 17.0. The molecular weight excluding hydrogens is 312 g/mol. The van der Waals surface area contributed by atoms with Crippen LogP contribution in [0.3, 0.4) is 0 Å². The minimum absolute atomic E-state index is 0.356. The van der Waals surface area contributed by atoms with E-state index in [0.717, 1.165) is 12.0 Å². The van der Waals surface area contributed by atoms with Gasteiger partial charge in [0.15, 0.2) is 0 Å². The zero-order valence-corrected chi connectivity index (χ0v) is 15.0. The summed E-state index contributed by atoms with van der Waals surface area (Å²) >= 11 is 0. The summed E-state index contributed by atoms with van der Waals surface area (Å²) < 4.78 is 0. The van der Waals surface area contributed by atoms with Crippen LogP contribution >= 0.6 is 10.0 Å². The van der Waals surface area contributed by atoms with Crippen LogP contribution in [0.5, 0.6) is 5.75 Å². The number of para-hydroxylation sites is 1. The van der Waals surface area contributed by atoms with E-state index in [1.54, 1.807) is 6.07 Å². The van der Waals surface area contributed by atoms with Crippen LogP contribution in [0.2, 0.25) is 0 Å². The fourth-order valence-corrected chi connectivity index (χ4v) is 5.77. The number of phenols is 1. The maximum Gasteiger partial charge on any atom is 0.118 e. The summed E-state index contributed by atoms with van der Waals surface area (Å²) in [6, 6.07) is 29.2. The van der Waals surface area contributed by atoms with Gasteiger partial charge in [-0.1, -0.05) is 78.9 Å². The maximum atomic E-state index is 10.3. The van der Waals surface area contributed by atoms with Gasteiger partial charge in [0.2, 0.25) is 0 Å². The number of phenolic OH excluding ortho intramolecular Hbond substituents is 1. The average Bonchev–Trinajstić information content (AvgIpc) is 2.62. The first-order chi connectivity index (χ1) is 11.6. The second-order valence-corrected chi connectivity index (χ2v) is 10.3. The summed E-state index contributed by atoms with van der Waals surface area (Å²) in [5.41, 5.74) is 2.35. The van der Waals surface area contributed by atoms with Crippen molar-refractivity contribution in [2.75, 3.05) is 12.5 Å². The highest BCUT2D eigenvalue weighted by Gasteiger charge is 2.28. The Morgan fingerprint density at radius 2 is 1.29 bits per heavy atom. The van der Waals surface area contributed by atoms with Gasteiger partial charge in [-0.05, 0) is 41.0 Å². The van der Waals surface area contributed by atoms with Gasteiger partial charge in [0.25, 0.3) is 0 Å². The van der Waals surface area contributed by atoms with E-state index in [0.29, 0.717) is 11.0 Å². The Bertz CT molecular complexity index is 781. The predicted octanol–water partition coefficient (Wildman–Crippen LogP) is 5.80. The first-order valence-electron chi connectivity index (χ1n) is 8.18. The molecule has 0 saturated heterocycles. The lowest BCUT2D eigenvalue weighted by molar-refractivity contribution is 0.467. The molecule has 0 fully saturated rings. The van der Waals surface area contributed by atoms with Gasteiger partial charge >= 0.3 is 0 Å². The first kappa shape index (κ1) is 16.7. The molecule has 0 aliphatic rings. The van der Waals surface area contributed by atoms with E-state index >= 15 is 0 Å². The minimum atomic E-state index is -1.08. The Morgan fingerprint density at radius 3 is 1.92 bits per heavy atom. The summed E-state index contributed by atoms with van der Waals surface area (Å²) in [5.74, 6) is 0.390. The van der Waals surface area contributed by atoms with E-state index in [1.807, 2.05) is 18.2 Å². The molecule has 2 heteroatoms. The van der Waals surface area contributed by atoms with Gasteiger partial charge in [-0.3, -0.25) is 0 Å². The van der Waals surface area contributed by atoms with Crippen molar-refractivity contribution in [3.05, 3.63) is 96.1 Å². The lowest BCUT2D eigenvalue weighted by atomic mass is 10.0. The second kappa shape index (κ2) is 7.14. The maximum absolute atomic E-state index is 10.3. The molecule has 1 N–H and O–H groups in total. The fourth-order valence-electron chi connectivity index (χ4n) is 3.15. The molecule has 0 spiro atoms. The molecular formula is C22H24OS. The van der Waals surface area contributed by atoms with E-state index in [2.05, 4.69) is 73.2 Å². The van der Waals surface area contributed by atoms with Crippen LogP contribution < -0.4 is 0 Å². The first-order valence-corrected chi connectivity index (χ1v) is 10.7. The van der Waals surface area contributed by atoms with Crippen molar-refractivity contribution >= 4 is 10.0 Å². The van der Waals surface area contributed by atoms with E-state index in [1.165, 1.54) is 10.5 Å². The Hall–Kier alpha value is -2.19. The fraction of sp³-hybridized carbons (Fsp3) is 0.182. The molecule has 124 valence electrons. The normalized spacial score (nSPS) is 13.4. The van der Waals surface area contributed by atoms with Crippen molar-refractivity contribution in [2.24, 2.45) is 0 Å².